The highest BCUT2D eigenvalue weighted by atomic mass is 16.5. The van der Waals surface area contributed by atoms with E-state index in [2.05, 4.69) is 5.32 Å². The first-order valence-electron chi connectivity index (χ1n) is 8.77. The van der Waals surface area contributed by atoms with Crippen LogP contribution in [0.2, 0.25) is 0 Å². The number of carbonyl (C=O) groups excluding carboxylic acids is 1. The van der Waals surface area contributed by atoms with Gasteiger partial charge in [0.15, 0.2) is 11.5 Å². The van der Waals surface area contributed by atoms with Crippen molar-refractivity contribution in [3.05, 3.63) is 48.0 Å². The summed E-state index contributed by atoms with van der Waals surface area (Å²) >= 11 is 0. The first-order chi connectivity index (χ1) is 12.6. The van der Waals surface area contributed by atoms with Gasteiger partial charge >= 0.3 is 0 Å². The number of benzene rings is 2. The Hall–Kier alpha value is -2.95. The van der Waals surface area contributed by atoms with Gasteiger partial charge < -0.3 is 19.6 Å². The van der Waals surface area contributed by atoms with Crippen molar-refractivity contribution in [1.82, 2.24) is 5.32 Å². The number of fused-ring (bicyclic) bond motifs is 1. The third-order valence-electron chi connectivity index (χ3n) is 4.26. The molecule has 1 aromatic heterocycles. The van der Waals surface area contributed by atoms with Crippen molar-refractivity contribution in [3.63, 3.8) is 0 Å². The largest absolute Gasteiger partial charge is 0.504 e. The molecular weight excluding hydrogens is 330 g/mol. The number of nitrogens with one attached hydrogen (secondary N) is 1. The summed E-state index contributed by atoms with van der Waals surface area (Å²) in [5, 5.41) is 13.6. The van der Waals surface area contributed by atoms with Gasteiger partial charge in [0.05, 0.1) is 7.11 Å². The van der Waals surface area contributed by atoms with Gasteiger partial charge in [-0.15, -0.1) is 0 Å². The minimum atomic E-state index is 0.0796. The molecule has 5 nitrogen and oxygen atoms in total. The van der Waals surface area contributed by atoms with Crippen LogP contribution in [0.4, 0.5) is 0 Å². The first-order valence-corrected chi connectivity index (χ1v) is 8.77. The number of hydrogen-bond donors (Lipinski definition) is 2. The van der Waals surface area contributed by atoms with Crippen LogP contribution in [0, 0.1) is 0 Å². The van der Waals surface area contributed by atoms with Gasteiger partial charge in [-0.3, -0.25) is 4.79 Å². The molecule has 1 amide bonds. The molecule has 0 atom stereocenters. The van der Waals surface area contributed by atoms with Crippen molar-refractivity contribution < 1.29 is 19.1 Å². The van der Waals surface area contributed by atoms with Gasteiger partial charge in [-0.1, -0.05) is 13.0 Å². The van der Waals surface area contributed by atoms with Crippen molar-refractivity contribution in [1.29, 1.82) is 0 Å². The zero-order valence-corrected chi connectivity index (χ0v) is 15.0. The molecule has 2 aromatic carbocycles. The van der Waals surface area contributed by atoms with Crippen molar-refractivity contribution in [2.24, 2.45) is 0 Å². The summed E-state index contributed by atoms with van der Waals surface area (Å²) in [6.45, 7) is 2.76. The molecule has 0 aliphatic rings. The van der Waals surface area contributed by atoms with E-state index in [1.165, 1.54) is 7.11 Å². The van der Waals surface area contributed by atoms with Crippen LogP contribution in [0.5, 0.6) is 11.5 Å². The molecule has 0 aliphatic heterocycles. The monoisotopic (exact) mass is 353 g/mol. The first kappa shape index (κ1) is 17.9. The fourth-order valence-electron chi connectivity index (χ4n) is 2.83. The molecule has 0 unspecified atom stereocenters. The summed E-state index contributed by atoms with van der Waals surface area (Å²) in [5.74, 6) is 1.28. The fraction of sp³-hybridized carbons (Fsp3) is 0.286. The number of aryl methyl sites for hydroxylation is 1. The second-order valence-corrected chi connectivity index (χ2v) is 6.22. The molecule has 5 heteroatoms. The third-order valence-corrected chi connectivity index (χ3v) is 4.26. The molecular formula is C21H23NO4. The summed E-state index contributed by atoms with van der Waals surface area (Å²) in [4.78, 5) is 11.8. The molecule has 1 heterocycles. The standard InChI is InChI=1S/C21H23NO4/c1-3-10-22-21(24)9-5-14-4-8-18-16(11-14)13-19(26-18)15-6-7-17(23)20(12-15)25-2/h4,6-8,11-13,23H,3,5,9-10H2,1-2H3,(H,22,24). The number of furan rings is 1. The average molecular weight is 353 g/mol. The van der Waals surface area contributed by atoms with Gasteiger partial charge in [-0.25, -0.2) is 0 Å². The third kappa shape index (κ3) is 3.99. The fourth-order valence-corrected chi connectivity index (χ4v) is 2.83. The lowest BCUT2D eigenvalue weighted by Crippen LogP contribution is -2.24. The molecule has 0 spiro atoms. The maximum absolute atomic E-state index is 11.8. The molecule has 0 radical (unpaired) electrons. The second-order valence-electron chi connectivity index (χ2n) is 6.22. The van der Waals surface area contributed by atoms with Crippen molar-refractivity contribution in [2.75, 3.05) is 13.7 Å². The van der Waals surface area contributed by atoms with Gasteiger partial charge in [0.1, 0.15) is 11.3 Å². The number of carbonyl (C=O) groups is 1. The Morgan fingerprint density at radius 2 is 2.04 bits per heavy atom. The predicted octanol–water partition coefficient (Wildman–Crippen LogP) is 4.27. The minimum Gasteiger partial charge on any atom is -0.504 e. The highest BCUT2D eigenvalue weighted by Crippen LogP contribution is 2.34. The van der Waals surface area contributed by atoms with Gasteiger partial charge in [0.2, 0.25) is 5.91 Å². The summed E-state index contributed by atoms with van der Waals surface area (Å²) in [7, 11) is 1.51. The van der Waals surface area contributed by atoms with Crippen LogP contribution < -0.4 is 10.1 Å². The number of ether oxygens (including phenoxy) is 1. The van der Waals surface area contributed by atoms with E-state index in [9.17, 15) is 9.90 Å². The molecule has 0 saturated carbocycles. The Balaban J connectivity index is 1.78. The summed E-state index contributed by atoms with van der Waals surface area (Å²) < 4.78 is 11.1. The molecule has 136 valence electrons. The van der Waals surface area contributed by atoms with Crippen molar-refractivity contribution in [2.45, 2.75) is 26.2 Å². The number of phenolic OH excluding ortho intramolecular Hbond substituents is 1. The van der Waals surface area contributed by atoms with Crippen LogP contribution in [0.3, 0.4) is 0 Å². The van der Waals surface area contributed by atoms with Crippen LogP contribution in [0.25, 0.3) is 22.3 Å². The van der Waals surface area contributed by atoms with Crippen LogP contribution in [0.1, 0.15) is 25.3 Å². The maximum Gasteiger partial charge on any atom is 0.220 e. The Morgan fingerprint density at radius 3 is 2.81 bits per heavy atom. The molecule has 2 N–H and O–H groups in total. The van der Waals surface area contributed by atoms with Gasteiger partial charge in [0, 0.05) is 23.9 Å². The number of methoxy groups -OCH3 is 1. The summed E-state index contributed by atoms with van der Waals surface area (Å²) in [6, 6.07) is 13.0. The zero-order valence-electron chi connectivity index (χ0n) is 15.0. The van der Waals surface area contributed by atoms with E-state index in [-0.39, 0.29) is 11.7 Å². The maximum atomic E-state index is 11.8. The molecule has 3 aromatic rings. The number of rotatable bonds is 7. The Kier molecular flexibility index (Phi) is 5.46. The lowest BCUT2D eigenvalue weighted by molar-refractivity contribution is -0.121. The average Bonchev–Trinajstić information content (AvgIpc) is 3.08. The number of hydrogen-bond acceptors (Lipinski definition) is 4. The molecule has 0 aliphatic carbocycles. The van der Waals surface area contributed by atoms with E-state index in [1.54, 1.807) is 18.2 Å². The van der Waals surface area contributed by atoms with Gasteiger partial charge in [0.25, 0.3) is 0 Å². The molecule has 0 bridgehead atoms. The van der Waals surface area contributed by atoms with E-state index in [0.29, 0.717) is 24.4 Å². The SMILES string of the molecule is CCCNC(=O)CCc1ccc2oc(-c3ccc(O)c(OC)c3)cc2c1. The smallest absolute Gasteiger partial charge is 0.220 e. The summed E-state index contributed by atoms with van der Waals surface area (Å²) in [5.41, 5.74) is 2.71. The lowest BCUT2D eigenvalue weighted by atomic mass is 10.1. The van der Waals surface area contributed by atoms with Crippen molar-refractivity contribution in [3.8, 4) is 22.8 Å². The van der Waals surface area contributed by atoms with E-state index >= 15 is 0 Å². The quantitative estimate of drug-likeness (QED) is 0.665. The van der Waals surface area contributed by atoms with E-state index in [4.69, 9.17) is 9.15 Å². The topological polar surface area (TPSA) is 71.7 Å². The van der Waals surface area contributed by atoms with Crippen LogP contribution in [-0.4, -0.2) is 24.7 Å². The van der Waals surface area contributed by atoms with Gasteiger partial charge in [-0.05, 0) is 54.8 Å². The zero-order chi connectivity index (χ0) is 18.5. The molecule has 0 fully saturated rings. The van der Waals surface area contributed by atoms with E-state index in [0.717, 1.165) is 35.1 Å². The Bertz CT molecular complexity index is 914. The predicted molar refractivity (Wildman–Crippen MR) is 101 cm³/mol. The minimum absolute atomic E-state index is 0.0796. The highest BCUT2D eigenvalue weighted by molar-refractivity contribution is 5.84. The molecule has 26 heavy (non-hydrogen) atoms. The highest BCUT2D eigenvalue weighted by Gasteiger charge is 2.10. The molecule has 0 saturated heterocycles. The van der Waals surface area contributed by atoms with Gasteiger partial charge in [-0.2, -0.15) is 0 Å². The Labute approximate surface area is 152 Å². The number of amides is 1. The van der Waals surface area contributed by atoms with Crippen LogP contribution in [-0.2, 0) is 11.2 Å². The number of phenols is 1. The van der Waals surface area contributed by atoms with E-state index < -0.39 is 0 Å². The Morgan fingerprint density at radius 1 is 1.19 bits per heavy atom. The van der Waals surface area contributed by atoms with Crippen molar-refractivity contribution >= 4 is 16.9 Å². The van der Waals surface area contributed by atoms with Crippen LogP contribution in [0.15, 0.2) is 46.9 Å². The normalized spacial score (nSPS) is 10.8. The van der Waals surface area contributed by atoms with Crippen LogP contribution >= 0.6 is 0 Å². The summed E-state index contributed by atoms with van der Waals surface area (Å²) in [6.07, 6.45) is 2.11. The second kappa shape index (κ2) is 7.95. The molecule has 3 rings (SSSR count). The number of aromatic hydroxyl groups is 1. The lowest BCUT2D eigenvalue weighted by Gasteiger charge is -2.04. The van der Waals surface area contributed by atoms with E-state index in [1.807, 2.05) is 31.2 Å².